The third-order valence-electron chi connectivity index (χ3n) is 4.66. The molecule has 5 heteroatoms. The van der Waals surface area contributed by atoms with Crippen molar-refractivity contribution in [1.29, 1.82) is 0 Å². The molecule has 2 fully saturated rings. The molecule has 5 nitrogen and oxygen atoms in total. The molecular formula is C18H21N3O2. The highest BCUT2D eigenvalue weighted by atomic mass is 16.5. The van der Waals surface area contributed by atoms with Crippen LogP contribution in [0.1, 0.15) is 18.4 Å². The van der Waals surface area contributed by atoms with Crippen LogP contribution in [0, 0.1) is 0 Å². The number of nitrogens with zero attached hydrogens (tertiary/aromatic N) is 3. The van der Waals surface area contributed by atoms with Crippen molar-refractivity contribution < 1.29 is 9.47 Å². The fourth-order valence-electron chi connectivity index (χ4n) is 3.59. The number of aromatic nitrogens is 2. The number of rotatable bonds is 4. The lowest BCUT2D eigenvalue weighted by Gasteiger charge is -2.40. The Morgan fingerprint density at radius 3 is 3.00 bits per heavy atom. The van der Waals surface area contributed by atoms with Crippen LogP contribution in [0.4, 0.5) is 0 Å². The summed E-state index contributed by atoms with van der Waals surface area (Å²) in [5.74, 6) is 0.687. The van der Waals surface area contributed by atoms with Crippen molar-refractivity contribution in [2.24, 2.45) is 0 Å². The normalized spacial score (nSPS) is 27.6. The molecule has 2 aromatic heterocycles. The summed E-state index contributed by atoms with van der Waals surface area (Å²) in [5, 5.41) is 0. The van der Waals surface area contributed by atoms with Crippen LogP contribution in [-0.2, 0) is 11.3 Å². The van der Waals surface area contributed by atoms with Crippen LogP contribution in [0.3, 0.4) is 0 Å². The van der Waals surface area contributed by atoms with Crippen molar-refractivity contribution in [1.82, 2.24) is 14.9 Å². The Hall–Kier alpha value is -1.98. The SMILES string of the molecule is c1ccc(O[C@@H]2CCN(Cc3cccnc3)[C@H]3CCO[C@H]23)nc1. The minimum absolute atomic E-state index is 0.0857. The summed E-state index contributed by atoms with van der Waals surface area (Å²) in [6.07, 6.45) is 7.76. The molecule has 0 amide bonds. The molecule has 0 spiro atoms. The first-order valence-electron chi connectivity index (χ1n) is 8.22. The summed E-state index contributed by atoms with van der Waals surface area (Å²) in [6, 6.07) is 10.3. The number of hydrogen-bond donors (Lipinski definition) is 0. The zero-order chi connectivity index (χ0) is 15.5. The molecule has 4 heterocycles. The predicted octanol–water partition coefficient (Wildman–Crippen LogP) is 2.29. The minimum atomic E-state index is 0.0857. The van der Waals surface area contributed by atoms with Gasteiger partial charge in [0.2, 0.25) is 5.88 Å². The van der Waals surface area contributed by atoms with E-state index in [9.17, 15) is 0 Å². The Morgan fingerprint density at radius 1 is 1.17 bits per heavy atom. The second kappa shape index (κ2) is 6.64. The van der Waals surface area contributed by atoms with Gasteiger partial charge < -0.3 is 9.47 Å². The number of likely N-dealkylation sites (tertiary alicyclic amines) is 1. The van der Waals surface area contributed by atoms with Gasteiger partial charge in [-0.05, 0) is 30.5 Å². The van der Waals surface area contributed by atoms with Crippen molar-refractivity contribution in [3.05, 3.63) is 54.5 Å². The first-order valence-corrected chi connectivity index (χ1v) is 8.22. The first kappa shape index (κ1) is 14.6. The summed E-state index contributed by atoms with van der Waals surface area (Å²) < 4.78 is 12.1. The molecule has 3 atom stereocenters. The highest BCUT2D eigenvalue weighted by Gasteiger charge is 2.43. The summed E-state index contributed by atoms with van der Waals surface area (Å²) in [6.45, 7) is 2.74. The molecule has 2 aliphatic rings. The van der Waals surface area contributed by atoms with Gasteiger partial charge in [-0.1, -0.05) is 12.1 Å². The minimum Gasteiger partial charge on any atom is -0.471 e. The second-order valence-electron chi connectivity index (χ2n) is 6.14. The Balaban J connectivity index is 1.45. The summed E-state index contributed by atoms with van der Waals surface area (Å²) in [5.41, 5.74) is 1.25. The van der Waals surface area contributed by atoms with Gasteiger partial charge >= 0.3 is 0 Å². The van der Waals surface area contributed by atoms with Gasteiger partial charge in [0.15, 0.2) is 0 Å². The fourth-order valence-corrected chi connectivity index (χ4v) is 3.59. The highest BCUT2D eigenvalue weighted by molar-refractivity contribution is 5.12. The maximum Gasteiger partial charge on any atom is 0.213 e. The van der Waals surface area contributed by atoms with E-state index in [0.29, 0.717) is 11.9 Å². The molecular weight excluding hydrogens is 290 g/mol. The van der Waals surface area contributed by atoms with E-state index < -0.39 is 0 Å². The van der Waals surface area contributed by atoms with Crippen LogP contribution < -0.4 is 4.74 Å². The molecule has 0 aromatic carbocycles. The predicted molar refractivity (Wildman–Crippen MR) is 86.1 cm³/mol. The van der Waals surface area contributed by atoms with Crippen molar-refractivity contribution >= 4 is 0 Å². The Morgan fingerprint density at radius 2 is 2.17 bits per heavy atom. The second-order valence-corrected chi connectivity index (χ2v) is 6.14. The van der Waals surface area contributed by atoms with E-state index in [0.717, 1.165) is 32.5 Å². The van der Waals surface area contributed by atoms with Crippen molar-refractivity contribution in [2.75, 3.05) is 13.2 Å². The Bertz CT molecular complexity index is 567. The van der Waals surface area contributed by atoms with Gasteiger partial charge in [-0.2, -0.15) is 0 Å². The van der Waals surface area contributed by atoms with Gasteiger partial charge in [-0.15, -0.1) is 0 Å². The van der Waals surface area contributed by atoms with Crippen LogP contribution >= 0.6 is 0 Å². The van der Waals surface area contributed by atoms with Gasteiger partial charge in [0.1, 0.15) is 12.2 Å². The first-order chi connectivity index (χ1) is 11.4. The lowest BCUT2D eigenvalue weighted by atomic mass is 9.95. The van der Waals surface area contributed by atoms with Gasteiger partial charge in [0.05, 0.1) is 0 Å². The van der Waals surface area contributed by atoms with E-state index in [-0.39, 0.29) is 12.2 Å². The van der Waals surface area contributed by atoms with Crippen LogP contribution in [0.25, 0.3) is 0 Å². The maximum absolute atomic E-state index is 6.09. The van der Waals surface area contributed by atoms with E-state index in [1.807, 2.05) is 36.7 Å². The van der Waals surface area contributed by atoms with Crippen LogP contribution in [0.5, 0.6) is 5.88 Å². The zero-order valence-corrected chi connectivity index (χ0v) is 13.0. The summed E-state index contributed by atoms with van der Waals surface area (Å²) in [7, 11) is 0. The lowest BCUT2D eigenvalue weighted by molar-refractivity contribution is -0.0572. The largest absolute Gasteiger partial charge is 0.471 e. The standard InChI is InChI=1S/C18H21N3O2/c1-2-9-20-17(5-1)23-16-6-10-21(15-7-11-22-18(15)16)13-14-4-3-8-19-12-14/h1-5,8-9,12,15-16,18H,6-7,10-11,13H2/t15-,16+,18-/m0/s1. The molecule has 120 valence electrons. The molecule has 0 saturated carbocycles. The number of fused-ring (bicyclic) bond motifs is 1. The van der Waals surface area contributed by atoms with Crippen molar-refractivity contribution in [3.63, 3.8) is 0 Å². The number of pyridine rings is 2. The summed E-state index contributed by atoms with van der Waals surface area (Å²) >= 11 is 0. The molecule has 2 saturated heterocycles. The quantitative estimate of drug-likeness (QED) is 0.867. The highest BCUT2D eigenvalue weighted by Crippen LogP contribution is 2.31. The van der Waals surface area contributed by atoms with E-state index in [2.05, 4.69) is 20.9 Å². The van der Waals surface area contributed by atoms with Crippen LogP contribution in [-0.4, -0.2) is 46.3 Å². The molecule has 0 unspecified atom stereocenters. The van der Waals surface area contributed by atoms with Crippen molar-refractivity contribution in [3.8, 4) is 5.88 Å². The zero-order valence-electron chi connectivity index (χ0n) is 13.0. The average molecular weight is 311 g/mol. The lowest BCUT2D eigenvalue weighted by Crippen LogP contribution is -2.53. The third-order valence-corrected chi connectivity index (χ3v) is 4.66. The molecule has 0 aliphatic carbocycles. The van der Waals surface area contributed by atoms with Crippen LogP contribution in [0.2, 0.25) is 0 Å². The maximum atomic E-state index is 6.09. The van der Waals surface area contributed by atoms with E-state index in [1.54, 1.807) is 6.20 Å². The third kappa shape index (κ3) is 3.21. The Kier molecular flexibility index (Phi) is 4.22. The van der Waals surface area contributed by atoms with Gasteiger partial charge in [0.25, 0.3) is 0 Å². The van der Waals surface area contributed by atoms with E-state index >= 15 is 0 Å². The molecule has 23 heavy (non-hydrogen) atoms. The number of piperidine rings is 1. The average Bonchev–Trinajstić information content (AvgIpc) is 3.09. The number of ether oxygens (including phenoxy) is 2. The molecule has 2 aromatic rings. The number of hydrogen-bond acceptors (Lipinski definition) is 5. The monoisotopic (exact) mass is 311 g/mol. The molecule has 4 rings (SSSR count). The van der Waals surface area contributed by atoms with Gasteiger partial charge in [-0.3, -0.25) is 9.88 Å². The molecule has 2 aliphatic heterocycles. The molecule has 0 N–H and O–H groups in total. The van der Waals surface area contributed by atoms with Gasteiger partial charge in [-0.25, -0.2) is 4.98 Å². The molecule has 0 radical (unpaired) electrons. The van der Waals surface area contributed by atoms with E-state index in [4.69, 9.17) is 9.47 Å². The van der Waals surface area contributed by atoms with E-state index in [1.165, 1.54) is 5.56 Å². The van der Waals surface area contributed by atoms with Crippen LogP contribution in [0.15, 0.2) is 48.9 Å². The van der Waals surface area contributed by atoms with Crippen molar-refractivity contribution in [2.45, 2.75) is 37.6 Å². The smallest absolute Gasteiger partial charge is 0.213 e. The summed E-state index contributed by atoms with van der Waals surface area (Å²) in [4.78, 5) is 11.0. The topological polar surface area (TPSA) is 47.5 Å². The fraction of sp³-hybridized carbons (Fsp3) is 0.444. The Labute approximate surface area is 136 Å². The van der Waals surface area contributed by atoms with Gasteiger partial charge in [0, 0.05) is 50.4 Å². The molecule has 0 bridgehead atoms.